The van der Waals surface area contributed by atoms with Crippen molar-refractivity contribution < 1.29 is 0 Å². The van der Waals surface area contributed by atoms with Gasteiger partial charge < -0.3 is 4.90 Å². The van der Waals surface area contributed by atoms with E-state index in [1.165, 1.54) is 11.3 Å². The van der Waals surface area contributed by atoms with Crippen molar-refractivity contribution in [2.45, 2.75) is 0 Å². The molecule has 0 aliphatic carbocycles. The quantitative estimate of drug-likeness (QED) is 0.493. The first-order valence-corrected chi connectivity index (χ1v) is 6.68. The number of aliphatic imine (C=N–C) groups is 1. The van der Waals surface area contributed by atoms with Crippen LogP contribution in [-0.2, 0) is 0 Å². The van der Waals surface area contributed by atoms with E-state index in [9.17, 15) is 0 Å². The fourth-order valence-corrected chi connectivity index (χ4v) is 2.36. The Balaban J connectivity index is 2.29. The molecule has 0 unspecified atom stereocenters. The normalized spacial score (nSPS) is 11.1. The second-order valence-electron chi connectivity index (χ2n) is 3.72. The van der Waals surface area contributed by atoms with E-state index in [0.717, 1.165) is 11.3 Å². The molecule has 2 aromatic heterocycles. The molecule has 4 nitrogen and oxygen atoms in total. The topological polar surface area (TPSA) is 41.4 Å². The van der Waals surface area contributed by atoms with E-state index in [2.05, 4.69) is 15.0 Å². The number of aromatic nitrogens is 2. The molecule has 0 radical (unpaired) electrons. The van der Waals surface area contributed by atoms with Gasteiger partial charge in [0.05, 0.1) is 12.0 Å². The Bertz CT molecular complexity index is 560. The average Bonchev–Trinajstić information content (AvgIpc) is 2.73. The van der Waals surface area contributed by atoms with Gasteiger partial charge in [-0.15, -0.1) is 11.3 Å². The summed E-state index contributed by atoms with van der Waals surface area (Å²) in [5.74, 6) is 0. The molecule has 0 aliphatic rings. The standard InChI is InChI=1S/C11H10Cl2N4S/c1-17(2)6-14-11-15-8(5-18-11)7-3-9(12)16-10(13)4-7/h3-6H,1-2H3. The highest BCUT2D eigenvalue weighted by molar-refractivity contribution is 7.13. The van der Waals surface area contributed by atoms with Gasteiger partial charge in [-0.25, -0.2) is 15.0 Å². The Kier molecular flexibility index (Phi) is 4.16. The Labute approximate surface area is 119 Å². The van der Waals surface area contributed by atoms with Gasteiger partial charge in [0.2, 0.25) is 5.13 Å². The highest BCUT2D eigenvalue weighted by atomic mass is 35.5. The molecular formula is C11H10Cl2N4S. The van der Waals surface area contributed by atoms with Gasteiger partial charge in [-0.1, -0.05) is 23.2 Å². The summed E-state index contributed by atoms with van der Waals surface area (Å²) < 4.78 is 0. The van der Waals surface area contributed by atoms with Crippen molar-refractivity contribution in [3.8, 4) is 11.3 Å². The fourth-order valence-electron chi connectivity index (χ4n) is 1.23. The Morgan fingerprint density at radius 2 is 1.89 bits per heavy atom. The smallest absolute Gasteiger partial charge is 0.211 e. The van der Waals surface area contributed by atoms with E-state index in [1.807, 2.05) is 24.4 Å². The molecule has 0 saturated heterocycles. The van der Waals surface area contributed by atoms with Crippen molar-refractivity contribution >= 4 is 46.0 Å². The summed E-state index contributed by atoms with van der Waals surface area (Å²) in [7, 11) is 3.81. The maximum Gasteiger partial charge on any atom is 0.211 e. The number of hydrogen-bond donors (Lipinski definition) is 0. The fraction of sp³-hybridized carbons (Fsp3) is 0.182. The molecule has 0 fully saturated rings. The van der Waals surface area contributed by atoms with Crippen LogP contribution in [0.4, 0.5) is 5.13 Å². The van der Waals surface area contributed by atoms with Crippen LogP contribution in [0.2, 0.25) is 10.3 Å². The summed E-state index contributed by atoms with van der Waals surface area (Å²) >= 11 is 13.2. The first-order chi connectivity index (χ1) is 8.54. The summed E-state index contributed by atoms with van der Waals surface area (Å²) in [6.07, 6.45) is 1.70. The van der Waals surface area contributed by atoms with E-state index in [4.69, 9.17) is 23.2 Å². The minimum atomic E-state index is 0.351. The van der Waals surface area contributed by atoms with Crippen LogP contribution in [-0.4, -0.2) is 35.3 Å². The van der Waals surface area contributed by atoms with E-state index in [-0.39, 0.29) is 0 Å². The van der Waals surface area contributed by atoms with Crippen LogP contribution in [0.25, 0.3) is 11.3 Å². The summed E-state index contributed by atoms with van der Waals surface area (Å²) in [5, 5.41) is 3.29. The SMILES string of the molecule is CN(C)C=Nc1nc(-c2cc(Cl)nc(Cl)c2)cs1. The van der Waals surface area contributed by atoms with Crippen molar-refractivity contribution in [3.05, 3.63) is 27.8 Å². The van der Waals surface area contributed by atoms with Gasteiger partial charge >= 0.3 is 0 Å². The molecule has 2 rings (SSSR count). The van der Waals surface area contributed by atoms with Crippen LogP contribution in [0.15, 0.2) is 22.5 Å². The third-order valence-electron chi connectivity index (χ3n) is 1.95. The number of rotatable bonds is 3. The molecule has 7 heteroatoms. The summed E-state index contributed by atoms with van der Waals surface area (Å²) in [6, 6.07) is 3.45. The van der Waals surface area contributed by atoms with Crippen molar-refractivity contribution in [3.63, 3.8) is 0 Å². The molecule has 0 aliphatic heterocycles. The molecular weight excluding hydrogens is 291 g/mol. The molecule has 0 spiro atoms. The Morgan fingerprint density at radius 3 is 2.50 bits per heavy atom. The van der Waals surface area contributed by atoms with E-state index < -0.39 is 0 Å². The lowest BCUT2D eigenvalue weighted by Gasteiger charge is -2.00. The van der Waals surface area contributed by atoms with Gasteiger partial charge in [0.25, 0.3) is 0 Å². The first kappa shape index (κ1) is 13.3. The molecule has 0 N–H and O–H groups in total. The summed E-state index contributed by atoms with van der Waals surface area (Å²) in [4.78, 5) is 14.4. The van der Waals surface area contributed by atoms with Gasteiger partial charge in [0.1, 0.15) is 10.3 Å². The van der Waals surface area contributed by atoms with E-state index in [0.29, 0.717) is 15.4 Å². The second kappa shape index (κ2) is 5.65. The molecule has 0 atom stereocenters. The maximum atomic E-state index is 5.85. The molecule has 0 amide bonds. The predicted octanol–water partition coefficient (Wildman–Crippen LogP) is 3.73. The molecule has 0 saturated carbocycles. The number of hydrogen-bond acceptors (Lipinski definition) is 4. The minimum Gasteiger partial charge on any atom is -0.369 e. The van der Waals surface area contributed by atoms with Crippen LogP contribution >= 0.6 is 34.5 Å². The van der Waals surface area contributed by atoms with Gasteiger partial charge in [0.15, 0.2) is 0 Å². The van der Waals surface area contributed by atoms with E-state index >= 15 is 0 Å². The minimum absolute atomic E-state index is 0.351. The lowest BCUT2D eigenvalue weighted by Crippen LogP contribution is -2.06. The molecule has 0 bridgehead atoms. The predicted molar refractivity (Wildman–Crippen MR) is 77.2 cm³/mol. The zero-order chi connectivity index (χ0) is 13.1. The average molecular weight is 301 g/mol. The Hall–Kier alpha value is -1.17. The molecule has 18 heavy (non-hydrogen) atoms. The maximum absolute atomic E-state index is 5.85. The van der Waals surface area contributed by atoms with Crippen LogP contribution in [0.3, 0.4) is 0 Å². The van der Waals surface area contributed by atoms with Crippen LogP contribution in [0.1, 0.15) is 0 Å². The van der Waals surface area contributed by atoms with Gasteiger partial charge in [-0.2, -0.15) is 0 Å². The van der Waals surface area contributed by atoms with Gasteiger partial charge in [-0.3, -0.25) is 0 Å². The molecule has 2 aromatic rings. The third kappa shape index (κ3) is 3.41. The molecule has 2 heterocycles. The third-order valence-corrected chi connectivity index (χ3v) is 3.09. The van der Waals surface area contributed by atoms with Gasteiger partial charge in [-0.05, 0) is 12.1 Å². The molecule has 0 aromatic carbocycles. The number of thiazole rings is 1. The molecule has 94 valence electrons. The van der Waals surface area contributed by atoms with E-state index in [1.54, 1.807) is 18.5 Å². The van der Waals surface area contributed by atoms with Crippen molar-refractivity contribution in [2.24, 2.45) is 4.99 Å². The highest BCUT2D eigenvalue weighted by Gasteiger charge is 2.06. The first-order valence-electron chi connectivity index (χ1n) is 5.04. The lowest BCUT2D eigenvalue weighted by molar-refractivity contribution is 0.643. The second-order valence-corrected chi connectivity index (χ2v) is 5.34. The van der Waals surface area contributed by atoms with Crippen LogP contribution < -0.4 is 0 Å². The van der Waals surface area contributed by atoms with Crippen LogP contribution in [0.5, 0.6) is 0 Å². The zero-order valence-corrected chi connectivity index (χ0v) is 12.1. The number of pyridine rings is 1. The highest BCUT2D eigenvalue weighted by Crippen LogP contribution is 2.29. The summed E-state index contributed by atoms with van der Waals surface area (Å²) in [6.45, 7) is 0. The zero-order valence-electron chi connectivity index (χ0n) is 9.76. The lowest BCUT2D eigenvalue weighted by atomic mass is 10.2. The Morgan fingerprint density at radius 1 is 1.22 bits per heavy atom. The monoisotopic (exact) mass is 300 g/mol. The summed E-state index contributed by atoms with van der Waals surface area (Å²) in [5.41, 5.74) is 1.62. The largest absolute Gasteiger partial charge is 0.369 e. The van der Waals surface area contributed by atoms with Crippen molar-refractivity contribution in [1.82, 2.24) is 14.9 Å². The van der Waals surface area contributed by atoms with Crippen molar-refractivity contribution in [2.75, 3.05) is 14.1 Å². The van der Waals surface area contributed by atoms with Gasteiger partial charge in [0, 0.05) is 25.0 Å². The van der Waals surface area contributed by atoms with Crippen LogP contribution in [0, 0.1) is 0 Å². The number of nitrogens with zero attached hydrogens (tertiary/aromatic N) is 4. The number of halogens is 2. The van der Waals surface area contributed by atoms with Crippen molar-refractivity contribution in [1.29, 1.82) is 0 Å².